The van der Waals surface area contributed by atoms with Crippen LogP contribution >= 0.6 is 0 Å². The van der Waals surface area contributed by atoms with Crippen LogP contribution in [0.4, 0.5) is 0 Å². The molecule has 0 saturated heterocycles. The molecule has 0 heterocycles. The molecule has 0 bridgehead atoms. The van der Waals surface area contributed by atoms with Crippen LogP contribution in [0.2, 0.25) is 0 Å². The van der Waals surface area contributed by atoms with Gasteiger partial charge >= 0.3 is 5.97 Å². The van der Waals surface area contributed by atoms with E-state index in [1.54, 1.807) is 0 Å². The number of ether oxygens (including phenoxy) is 1. The van der Waals surface area contributed by atoms with Crippen molar-refractivity contribution < 1.29 is 24.5 Å². The zero-order valence-corrected chi connectivity index (χ0v) is 48.0. The standard InChI is InChI=1S/C65H125NO5/c1-3-5-7-9-11-13-15-17-18-19-27-30-34-37-41-45-49-53-57-63(68)62(61-67)66-64(69)58-54-50-46-42-38-35-31-28-25-23-21-20-22-24-26-29-32-36-40-44-48-52-56-60-71-65(70)59-55-51-47-43-39-33-16-14-12-10-8-6-4-2/h14,16,23,25,62-63,67-68H,3-13,15,17-22,24,26-61H2,1-2H3,(H,66,69)/b16-14-,25-23-. The Morgan fingerprint density at radius 2 is 0.662 bits per heavy atom. The van der Waals surface area contributed by atoms with Gasteiger partial charge in [0.1, 0.15) is 0 Å². The van der Waals surface area contributed by atoms with Crippen molar-refractivity contribution in [2.75, 3.05) is 13.2 Å². The maximum Gasteiger partial charge on any atom is 0.305 e. The highest BCUT2D eigenvalue weighted by Gasteiger charge is 2.20. The summed E-state index contributed by atoms with van der Waals surface area (Å²) in [5.41, 5.74) is 0. The van der Waals surface area contributed by atoms with E-state index in [2.05, 4.69) is 43.5 Å². The highest BCUT2D eigenvalue weighted by molar-refractivity contribution is 5.76. The minimum absolute atomic E-state index is 0.00271. The predicted octanol–water partition coefficient (Wildman–Crippen LogP) is 20.2. The molecule has 71 heavy (non-hydrogen) atoms. The predicted molar refractivity (Wildman–Crippen MR) is 310 cm³/mol. The van der Waals surface area contributed by atoms with E-state index in [0.29, 0.717) is 25.9 Å². The van der Waals surface area contributed by atoms with Gasteiger partial charge in [-0.15, -0.1) is 0 Å². The van der Waals surface area contributed by atoms with Crippen molar-refractivity contribution >= 4 is 11.9 Å². The van der Waals surface area contributed by atoms with Crippen molar-refractivity contribution in [3.63, 3.8) is 0 Å². The van der Waals surface area contributed by atoms with Crippen LogP contribution in [0.3, 0.4) is 0 Å². The van der Waals surface area contributed by atoms with Crippen molar-refractivity contribution in [1.82, 2.24) is 5.32 Å². The minimum atomic E-state index is -0.668. The molecule has 6 heteroatoms. The Morgan fingerprint density at radius 1 is 0.380 bits per heavy atom. The van der Waals surface area contributed by atoms with Crippen LogP contribution in [0.15, 0.2) is 24.3 Å². The van der Waals surface area contributed by atoms with Crippen LogP contribution in [-0.4, -0.2) is 47.4 Å². The summed E-state index contributed by atoms with van der Waals surface area (Å²) in [5, 5.41) is 23.3. The first-order valence-corrected chi connectivity index (χ1v) is 32.1. The molecule has 0 aromatic rings. The van der Waals surface area contributed by atoms with Gasteiger partial charge in [-0.1, -0.05) is 289 Å². The number of esters is 1. The zero-order chi connectivity index (χ0) is 51.4. The third-order valence-corrected chi connectivity index (χ3v) is 15.0. The lowest BCUT2D eigenvalue weighted by Gasteiger charge is -2.22. The molecule has 3 N–H and O–H groups in total. The van der Waals surface area contributed by atoms with E-state index in [0.717, 1.165) is 44.9 Å². The Balaban J connectivity index is 3.41. The Labute approximate surface area is 443 Å². The number of hydrogen-bond acceptors (Lipinski definition) is 5. The number of unbranched alkanes of at least 4 members (excludes halogenated alkanes) is 45. The molecular weight excluding hydrogens is 875 g/mol. The van der Waals surface area contributed by atoms with Crippen molar-refractivity contribution in [2.45, 2.75) is 366 Å². The average Bonchev–Trinajstić information content (AvgIpc) is 3.37. The fourth-order valence-electron chi connectivity index (χ4n) is 10.0. The first-order valence-electron chi connectivity index (χ1n) is 32.1. The molecule has 0 aromatic heterocycles. The third kappa shape index (κ3) is 57.5. The topological polar surface area (TPSA) is 95.9 Å². The zero-order valence-electron chi connectivity index (χ0n) is 48.0. The maximum absolute atomic E-state index is 12.5. The number of rotatable bonds is 60. The van der Waals surface area contributed by atoms with Crippen LogP contribution in [-0.2, 0) is 14.3 Å². The summed E-state index contributed by atoms with van der Waals surface area (Å²) >= 11 is 0. The molecule has 2 unspecified atom stereocenters. The van der Waals surface area contributed by atoms with Gasteiger partial charge in [0.2, 0.25) is 5.91 Å². The largest absolute Gasteiger partial charge is 0.466 e. The van der Waals surface area contributed by atoms with Gasteiger partial charge in [-0.2, -0.15) is 0 Å². The first-order chi connectivity index (χ1) is 35.0. The number of carbonyl (C=O) groups excluding carboxylic acids is 2. The number of aliphatic hydroxyl groups excluding tert-OH is 2. The summed E-state index contributed by atoms with van der Waals surface area (Å²) in [5.74, 6) is -0.0357. The molecule has 0 aromatic carbocycles. The summed E-state index contributed by atoms with van der Waals surface area (Å²) in [7, 11) is 0. The number of amides is 1. The van der Waals surface area contributed by atoms with Crippen molar-refractivity contribution in [1.29, 1.82) is 0 Å². The fourth-order valence-corrected chi connectivity index (χ4v) is 10.0. The molecule has 0 spiro atoms. The Morgan fingerprint density at radius 3 is 1.01 bits per heavy atom. The SMILES string of the molecule is CCCCCC/C=C\CCCCCCCC(=O)OCCCCCCCCCCCCCC/C=C\CCCCCCCCCC(=O)NC(CO)C(O)CCCCCCCCCCCCCCCCCCCC. The highest BCUT2D eigenvalue weighted by Crippen LogP contribution is 2.18. The van der Waals surface area contributed by atoms with Crippen molar-refractivity contribution in [3.05, 3.63) is 24.3 Å². The number of allylic oxidation sites excluding steroid dienone is 4. The van der Waals surface area contributed by atoms with E-state index >= 15 is 0 Å². The number of aliphatic hydroxyl groups is 2. The molecule has 0 aliphatic rings. The van der Waals surface area contributed by atoms with E-state index in [-0.39, 0.29) is 18.5 Å². The molecular formula is C65H125NO5. The van der Waals surface area contributed by atoms with Crippen LogP contribution < -0.4 is 5.32 Å². The molecule has 1 amide bonds. The van der Waals surface area contributed by atoms with Crippen LogP contribution in [0.5, 0.6) is 0 Å². The van der Waals surface area contributed by atoms with Gasteiger partial charge < -0.3 is 20.3 Å². The van der Waals surface area contributed by atoms with E-state index in [4.69, 9.17) is 4.74 Å². The first kappa shape index (κ1) is 69.3. The Bertz CT molecular complexity index is 1110. The molecule has 420 valence electrons. The van der Waals surface area contributed by atoms with Crippen LogP contribution in [0, 0.1) is 0 Å². The summed E-state index contributed by atoms with van der Waals surface area (Å²) in [6, 6.07) is -0.546. The third-order valence-electron chi connectivity index (χ3n) is 15.0. The van der Waals surface area contributed by atoms with Gasteiger partial charge in [0.15, 0.2) is 0 Å². The average molecular weight is 1000 g/mol. The summed E-state index contributed by atoms with van der Waals surface area (Å²) in [6.45, 7) is 4.96. The second kappa shape index (κ2) is 60.9. The number of carbonyl (C=O) groups is 2. The normalized spacial score (nSPS) is 12.7. The number of nitrogens with one attached hydrogen (secondary N) is 1. The van der Waals surface area contributed by atoms with Gasteiger partial charge in [0.05, 0.1) is 25.4 Å². The summed E-state index contributed by atoms with van der Waals surface area (Å²) in [4.78, 5) is 24.5. The fraction of sp³-hybridized carbons (Fsp3) is 0.908. The quantitative estimate of drug-likeness (QED) is 0.0320. The Hall–Kier alpha value is -1.66. The highest BCUT2D eigenvalue weighted by atomic mass is 16.5. The van der Waals surface area contributed by atoms with Gasteiger partial charge in [0.25, 0.3) is 0 Å². The molecule has 0 saturated carbocycles. The molecule has 2 atom stereocenters. The molecule has 0 rings (SSSR count). The maximum atomic E-state index is 12.5. The lowest BCUT2D eigenvalue weighted by molar-refractivity contribution is -0.143. The molecule has 0 aliphatic heterocycles. The molecule has 6 nitrogen and oxygen atoms in total. The van der Waals surface area contributed by atoms with E-state index in [1.807, 2.05) is 0 Å². The lowest BCUT2D eigenvalue weighted by atomic mass is 10.0. The molecule has 0 aliphatic carbocycles. The smallest absolute Gasteiger partial charge is 0.305 e. The molecule has 0 radical (unpaired) electrons. The van der Waals surface area contributed by atoms with Crippen LogP contribution in [0.1, 0.15) is 354 Å². The number of hydrogen-bond donors (Lipinski definition) is 3. The van der Waals surface area contributed by atoms with Gasteiger partial charge in [0, 0.05) is 12.8 Å². The second-order valence-electron chi connectivity index (χ2n) is 22.1. The van der Waals surface area contributed by atoms with Crippen molar-refractivity contribution in [2.24, 2.45) is 0 Å². The molecule has 0 fully saturated rings. The van der Waals surface area contributed by atoms with Crippen molar-refractivity contribution in [3.8, 4) is 0 Å². The van der Waals surface area contributed by atoms with Crippen LogP contribution in [0.25, 0.3) is 0 Å². The lowest BCUT2D eigenvalue weighted by Crippen LogP contribution is -2.45. The van der Waals surface area contributed by atoms with Gasteiger partial charge in [-0.25, -0.2) is 0 Å². The van der Waals surface area contributed by atoms with E-state index in [9.17, 15) is 19.8 Å². The summed E-state index contributed by atoms with van der Waals surface area (Å²) < 4.78 is 5.47. The Kier molecular flexibility index (Phi) is 59.5. The van der Waals surface area contributed by atoms with Gasteiger partial charge in [-0.3, -0.25) is 9.59 Å². The van der Waals surface area contributed by atoms with E-state index in [1.165, 1.54) is 276 Å². The monoisotopic (exact) mass is 1000 g/mol. The van der Waals surface area contributed by atoms with Gasteiger partial charge in [-0.05, 0) is 77.0 Å². The summed E-state index contributed by atoms with van der Waals surface area (Å²) in [6.07, 6.45) is 74.8. The van der Waals surface area contributed by atoms with E-state index < -0.39 is 12.1 Å². The minimum Gasteiger partial charge on any atom is -0.466 e. The second-order valence-corrected chi connectivity index (χ2v) is 22.1.